The Hall–Kier alpha value is -1.13. The van der Waals surface area contributed by atoms with Gasteiger partial charge in [0.1, 0.15) is 5.82 Å². The maximum Gasteiger partial charge on any atom is 0.224 e. The summed E-state index contributed by atoms with van der Waals surface area (Å²) in [6.45, 7) is 0. The lowest BCUT2D eigenvalue weighted by Gasteiger charge is -2.05. The molecule has 14 heavy (non-hydrogen) atoms. The number of halogens is 1. The van der Waals surface area contributed by atoms with Crippen molar-refractivity contribution in [3.8, 4) is 10.4 Å². The van der Waals surface area contributed by atoms with Crippen LogP contribution in [0.2, 0.25) is 5.28 Å². The van der Waals surface area contributed by atoms with Gasteiger partial charge in [0.2, 0.25) is 5.28 Å². The molecular weight excluding hydrogens is 218 g/mol. The highest BCUT2D eigenvalue weighted by Crippen LogP contribution is 2.29. The van der Waals surface area contributed by atoms with Crippen molar-refractivity contribution >= 4 is 28.8 Å². The first kappa shape index (κ1) is 9.43. The van der Waals surface area contributed by atoms with Gasteiger partial charge in [0.15, 0.2) is 0 Å². The summed E-state index contributed by atoms with van der Waals surface area (Å²) in [6, 6.07) is 4.02. The van der Waals surface area contributed by atoms with Gasteiger partial charge < -0.3 is 5.32 Å². The average Bonchev–Trinajstić information content (AvgIpc) is 2.70. The highest BCUT2D eigenvalue weighted by Gasteiger charge is 2.07. The van der Waals surface area contributed by atoms with Crippen LogP contribution >= 0.6 is 22.9 Å². The third-order valence-corrected chi connectivity index (χ3v) is 2.87. The molecule has 0 aliphatic carbocycles. The predicted octanol–water partition coefficient (Wildman–Crippen LogP) is 2.90. The van der Waals surface area contributed by atoms with E-state index in [0.29, 0.717) is 0 Å². The third-order valence-electron chi connectivity index (χ3n) is 1.78. The molecule has 0 amide bonds. The van der Waals surface area contributed by atoms with Crippen LogP contribution in [0.25, 0.3) is 10.4 Å². The van der Waals surface area contributed by atoms with E-state index < -0.39 is 0 Å². The smallest absolute Gasteiger partial charge is 0.224 e. The molecule has 2 rings (SSSR count). The number of hydrogen-bond acceptors (Lipinski definition) is 4. The van der Waals surface area contributed by atoms with Crippen LogP contribution in [-0.2, 0) is 0 Å². The van der Waals surface area contributed by atoms with E-state index >= 15 is 0 Å². The van der Waals surface area contributed by atoms with E-state index in [-0.39, 0.29) is 5.28 Å². The first-order valence-corrected chi connectivity index (χ1v) is 5.31. The second kappa shape index (κ2) is 3.94. The standard InChI is InChI=1S/C9H8ClN3S/c1-11-8-6(5-12-9(10)13-8)7-3-2-4-14-7/h2-5H,1H3,(H,11,12,13). The Balaban J connectivity index is 2.53. The molecule has 5 heteroatoms. The molecule has 2 aromatic rings. The molecule has 0 aromatic carbocycles. The largest absolute Gasteiger partial charge is 0.372 e. The number of thiophene rings is 1. The van der Waals surface area contributed by atoms with Gasteiger partial charge in [0.25, 0.3) is 0 Å². The van der Waals surface area contributed by atoms with Crippen molar-refractivity contribution in [3.05, 3.63) is 29.0 Å². The summed E-state index contributed by atoms with van der Waals surface area (Å²) in [5.41, 5.74) is 0.979. The molecule has 0 saturated carbocycles. The van der Waals surface area contributed by atoms with Crippen LogP contribution in [-0.4, -0.2) is 17.0 Å². The summed E-state index contributed by atoms with van der Waals surface area (Å²) in [6.07, 6.45) is 1.73. The Morgan fingerprint density at radius 3 is 3.00 bits per heavy atom. The number of rotatable bonds is 2. The van der Waals surface area contributed by atoms with Gasteiger partial charge in [-0.1, -0.05) is 6.07 Å². The summed E-state index contributed by atoms with van der Waals surface area (Å²) in [5.74, 6) is 0.757. The monoisotopic (exact) mass is 225 g/mol. The molecule has 0 radical (unpaired) electrons. The second-order valence-corrected chi connectivity index (χ2v) is 3.91. The van der Waals surface area contributed by atoms with Crippen molar-refractivity contribution in [2.75, 3.05) is 12.4 Å². The van der Waals surface area contributed by atoms with Crippen molar-refractivity contribution in [2.45, 2.75) is 0 Å². The molecule has 0 aliphatic rings. The molecule has 0 aliphatic heterocycles. The quantitative estimate of drug-likeness (QED) is 0.799. The van der Waals surface area contributed by atoms with E-state index in [9.17, 15) is 0 Å². The molecule has 3 nitrogen and oxygen atoms in total. The van der Waals surface area contributed by atoms with Crippen molar-refractivity contribution in [1.29, 1.82) is 0 Å². The van der Waals surface area contributed by atoms with Gasteiger partial charge in [-0.2, -0.15) is 0 Å². The summed E-state index contributed by atoms with van der Waals surface area (Å²) in [7, 11) is 1.82. The van der Waals surface area contributed by atoms with Gasteiger partial charge in [0, 0.05) is 18.1 Å². The molecule has 0 saturated heterocycles. The zero-order chi connectivity index (χ0) is 9.97. The van der Waals surface area contributed by atoms with Crippen LogP contribution in [0.4, 0.5) is 5.82 Å². The summed E-state index contributed by atoms with van der Waals surface area (Å²) < 4.78 is 0. The maximum absolute atomic E-state index is 5.70. The topological polar surface area (TPSA) is 37.8 Å². The van der Waals surface area contributed by atoms with Gasteiger partial charge in [-0.25, -0.2) is 9.97 Å². The molecule has 1 N–H and O–H groups in total. The number of hydrogen-bond donors (Lipinski definition) is 1. The van der Waals surface area contributed by atoms with Crippen LogP contribution in [0.5, 0.6) is 0 Å². The highest BCUT2D eigenvalue weighted by atomic mass is 35.5. The second-order valence-electron chi connectivity index (χ2n) is 2.63. The summed E-state index contributed by atoms with van der Waals surface area (Å²) >= 11 is 7.35. The van der Waals surface area contributed by atoms with Gasteiger partial charge in [-0.05, 0) is 23.0 Å². The van der Waals surface area contributed by atoms with Crippen molar-refractivity contribution in [1.82, 2.24) is 9.97 Å². The average molecular weight is 226 g/mol. The van der Waals surface area contributed by atoms with E-state index in [1.165, 1.54) is 0 Å². The molecule has 72 valence electrons. The molecule has 2 aromatic heterocycles. The molecule has 0 spiro atoms. The Morgan fingerprint density at radius 2 is 2.36 bits per heavy atom. The predicted molar refractivity (Wildman–Crippen MR) is 59.9 cm³/mol. The van der Waals surface area contributed by atoms with Gasteiger partial charge in [-0.3, -0.25) is 0 Å². The molecule has 0 atom stereocenters. The van der Waals surface area contributed by atoms with E-state index in [0.717, 1.165) is 16.3 Å². The number of nitrogens with one attached hydrogen (secondary N) is 1. The normalized spacial score (nSPS) is 10.1. The zero-order valence-corrected chi connectivity index (χ0v) is 9.06. The zero-order valence-electron chi connectivity index (χ0n) is 7.49. The van der Waals surface area contributed by atoms with Crippen LogP contribution in [0.15, 0.2) is 23.7 Å². The Kier molecular flexibility index (Phi) is 2.65. The molecule has 0 bridgehead atoms. The molecular formula is C9H8ClN3S. The fourth-order valence-corrected chi connectivity index (χ4v) is 2.03. The molecule has 0 unspecified atom stereocenters. The fraction of sp³-hybridized carbons (Fsp3) is 0.111. The van der Waals surface area contributed by atoms with E-state index in [2.05, 4.69) is 15.3 Å². The summed E-state index contributed by atoms with van der Waals surface area (Å²) in [5, 5.41) is 5.27. The van der Waals surface area contributed by atoms with Crippen LogP contribution in [0, 0.1) is 0 Å². The lowest BCUT2D eigenvalue weighted by molar-refractivity contribution is 1.16. The number of aromatic nitrogens is 2. The van der Waals surface area contributed by atoms with Crippen LogP contribution in [0.1, 0.15) is 0 Å². The first-order valence-electron chi connectivity index (χ1n) is 4.05. The lowest BCUT2D eigenvalue weighted by atomic mass is 10.2. The van der Waals surface area contributed by atoms with Gasteiger partial charge in [0.05, 0.1) is 5.56 Å². The molecule has 2 heterocycles. The minimum atomic E-state index is 0.259. The van der Waals surface area contributed by atoms with Gasteiger partial charge in [-0.15, -0.1) is 11.3 Å². The van der Waals surface area contributed by atoms with Crippen molar-refractivity contribution in [3.63, 3.8) is 0 Å². The van der Waals surface area contributed by atoms with Crippen molar-refractivity contribution in [2.24, 2.45) is 0 Å². The summed E-state index contributed by atoms with van der Waals surface area (Å²) in [4.78, 5) is 9.19. The fourth-order valence-electron chi connectivity index (χ4n) is 1.16. The minimum absolute atomic E-state index is 0.259. The lowest BCUT2D eigenvalue weighted by Crippen LogP contribution is -1.96. The van der Waals surface area contributed by atoms with E-state index in [1.807, 2.05) is 24.6 Å². The Morgan fingerprint density at radius 1 is 1.50 bits per heavy atom. The molecule has 0 fully saturated rings. The van der Waals surface area contributed by atoms with E-state index in [4.69, 9.17) is 11.6 Å². The Bertz CT molecular complexity index is 428. The maximum atomic E-state index is 5.70. The van der Waals surface area contributed by atoms with Crippen LogP contribution in [0.3, 0.4) is 0 Å². The van der Waals surface area contributed by atoms with E-state index in [1.54, 1.807) is 17.5 Å². The highest BCUT2D eigenvalue weighted by molar-refractivity contribution is 7.13. The van der Waals surface area contributed by atoms with Gasteiger partial charge >= 0.3 is 0 Å². The van der Waals surface area contributed by atoms with Crippen molar-refractivity contribution < 1.29 is 0 Å². The number of anilines is 1. The number of nitrogens with zero attached hydrogens (tertiary/aromatic N) is 2. The SMILES string of the molecule is CNc1nc(Cl)ncc1-c1cccs1. The Labute approximate surface area is 90.8 Å². The minimum Gasteiger partial charge on any atom is -0.372 e. The van der Waals surface area contributed by atoms with Crippen LogP contribution < -0.4 is 5.32 Å². The third kappa shape index (κ3) is 1.71. The first-order chi connectivity index (χ1) is 6.81.